The minimum atomic E-state index is -0.326. The monoisotopic (exact) mass is 197 g/mol. The summed E-state index contributed by atoms with van der Waals surface area (Å²) in [5.41, 5.74) is -0.326. The van der Waals surface area contributed by atoms with Crippen molar-refractivity contribution >= 4 is 5.97 Å². The van der Waals surface area contributed by atoms with Crippen LogP contribution in [-0.4, -0.2) is 24.2 Å². The number of morpholine rings is 1. The van der Waals surface area contributed by atoms with Gasteiger partial charge in [-0.15, -0.1) is 0 Å². The second kappa shape index (κ2) is 3.54. The van der Waals surface area contributed by atoms with E-state index in [0.29, 0.717) is 18.6 Å². The first-order valence-corrected chi connectivity index (χ1v) is 5.59. The van der Waals surface area contributed by atoms with E-state index in [4.69, 9.17) is 4.74 Å². The molecule has 1 aliphatic carbocycles. The Balaban J connectivity index is 2.10. The standard InChI is InChI=1S/C11H19NO2/c1-8(2)9-7-14-10(13)11(12-9)5-3-4-6-11/h8-9,12H,3-7H2,1-2H3/t9-/m1/s1. The van der Waals surface area contributed by atoms with E-state index in [-0.39, 0.29) is 11.5 Å². The summed E-state index contributed by atoms with van der Waals surface area (Å²) in [4.78, 5) is 11.7. The number of ether oxygens (including phenoxy) is 1. The maximum atomic E-state index is 11.7. The number of rotatable bonds is 1. The van der Waals surface area contributed by atoms with Crippen LogP contribution in [0.5, 0.6) is 0 Å². The molecule has 2 fully saturated rings. The number of carbonyl (C=O) groups is 1. The molecule has 1 spiro atoms. The molecule has 80 valence electrons. The topological polar surface area (TPSA) is 38.3 Å². The van der Waals surface area contributed by atoms with Crippen molar-refractivity contribution < 1.29 is 9.53 Å². The molecule has 1 N–H and O–H groups in total. The molecule has 1 atom stereocenters. The number of hydrogen-bond acceptors (Lipinski definition) is 3. The van der Waals surface area contributed by atoms with Gasteiger partial charge in [-0.1, -0.05) is 26.7 Å². The lowest BCUT2D eigenvalue weighted by Crippen LogP contribution is -2.62. The number of carbonyl (C=O) groups excluding carboxylic acids is 1. The van der Waals surface area contributed by atoms with Gasteiger partial charge in [0.15, 0.2) is 0 Å². The van der Waals surface area contributed by atoms with Crippen LogP contribution in [0.15, 0.2) is 0 Å². The lowest BCUT2D eigenvalue weighted by Gasteiger charge is -2.39. The average Bonchev–Trinajstić information content (AvgIpc) is 2.59. The second-order valence-corrected chi connectivity index (χ2v) is 4.88. The van der Waals surface area contributed by atoms with Crippen LogP contribution >= 0.6 is 0 Å². The maximum absolute atomic E-state index is 11.7. The lowest BCUT2D eigenvalue weighted by atomic mass is 9.91. The predicted octanol–water partition coefficient (Wildman–Crippen LogP) is 1.47. The van der Waals surface area contributed by atoms with Gasteiger partial charge >= 0.3 is 5.97 Å². The normalized spacial score (nSPS) is 31.1. The number of nitrogens with one attached hydrogen (secondary N) is 1. The molecule has 0 radical (unpaired) electrons. The van der Waals surface area contributed by atoms with Crippen molar-refractivity contribution in [2.75, 3.05) is 6.61 Å². The van der Waals surface area contributed by atoms with E-state index >= 15 is 0 Å². The Morgan fingerprint density at radius 2 is 2.07 bits per heavy atom. The third kappa shape index (κ3) is 1.54. The molecule has 0 aromatic carbocycles. The van der Waals surface area contributed by atoms with Crippen molar-refractivity contribution in [3.63, 3.8) is 0 Å². The molecule has 1 saturated carbocycles. The number of esters is 1. The molecule has 2 aliphatic rings. The highest BCUT2D eigenvalue weighted by atomic mass is 16.5. The molecule has 0 aromatic rings. The van der Waals surface area contributed by atoms with Gasteiger partial charge in [-0.25, -0.2) is 0 Å². The van der Waals surface area contributed by atoms with Gasteiger partial charge in [-0.3, -0.25) is 10.1 Å². The molecule has 14 heavy (non-hydrogen) atoms. The Bertz CT molecular complexity index is 231. The smallest absolute Gasteiger partial charge is 0.326 e. The van der Waals surface area contributed by atoms with Gasteiger partial charge < -0.3 is 4.74 Å². The first-order valence-electron chi connectivity index (χ1n) is 5.59. The van der Waals surface area contributed by atoms with Gasteiger partial charge in [-0.2, -0.15) is 0 Å². The highest BCUT2D eigenvalue weighted by molar-refractivity contribution is 5.82. The maximum Gasteiger partial charge on any atom is 0.326 e. The van der Waals surface area contributed by atoms with E-state index in [1.807, 2.05) is 0 Å². The van der Waals surface area contributed by atoms with Gasteiger partial charge in [0.1, 0.15) is 12.1 Å². The van der Waals surface area contributed by atoms with E-state index in [2.05, 4.69) is 19.2 Å². The Kier molecular flexibility index (Phi) is 2.52. The van der Waals surface area contributed by atoms with Crippen molar-refractivity contribution in [2.45, 2.75) is 51.1 Å². The summed E-state index contributed by atoms with van der Waals surface area (Å²) < 4.78 is 5.29. The highest BCUT2D eigenvalue weighted by Gasteiger charge is 2.47. The van der Waals surface area contributed by atoms with E-state index in [1.54, 1.807) is 0 Å². The zero-order chi connectivity index (χ0) is 10.2. The Hall–Kier alpha value is -0.570. The second-order valence-electron chi connectivity index (χ2n) is 4.88. The molecule has 1 saturated heterocycles. The van der Waals surface area contributed by atoms with Gasteiger partial charge in [0.2, 0.25) is 0 Å². The molecule has 2 rings (SSSR count). The molecule has 1 aliphatic heterocycles. The van der Waals surface area contributed by atoms with Crippen LogP contribution in [0.2, 0.25) is 0 Å². The van der Waals surface area contributed by atoms with E-state index < -0.39 is 0 Å². The van der Waals surface area contributed by atoms with Gasteiger partial charge in [0.05, 0.1) is 0 Å². The van der Waals surface area contributed by atoms with Crippen LogP contribution in [0.3, 0.4) is 0 Å². The minimum absolute atomic E-state index is 0.0214. The zero-order valence-corrected chi connectivity index (χ0v) is 9.01. The summed E-state index contributed by atoms with van der Waals surface area (Å²) in [5, 5.41) is 3.50. The van der Waals surface area contributed by atoms with Crippen molar-refractivity contribution in [1.29, 1.82) is 0 Å². The first kappa shape index (κ1) is 9.97. The lowest BCUT2D eigenvalue weighted by molar-refractivity contribution is -0.159. The third-order valence-electron chi connectivity index (χ3n) is 3.51. The van der Waals surface area contributed by atoms with Crippen molar-refractivity contribution in [3.8, 4) is 0 Å². The van der Waals surface area contributed by atoms with Crippen LogP contribution < -0.4 is 5.32 Å². The molecular formula is C11H19NO2. The van der Waals surface area contributed by atoms with Crippen LogP contribution in [0.25, 0.3) is 0 Å². The largest absolute Gasteiger partial charge is 0.463 e. The molecule has 0 unspecified atom stereocenters. The Morgan fingerprint density at radius 3 is 2.64 bits per heavy atom. The van der Waals surface area contributed by atoms with Crippen LogP contribution in [0.4, 0.5) is 0 Å². The number of cyclic esters (lactones) is 1. The molecule has 0 amide bonds. The molecule has 1 heterocycles. The fourth-order valence-electron chi connectivity index (χ4n) is 2.45. The number of hydrogen-bond donors (Lipinski definition) is 1. The van der Waals surface area contributed by atoms with E-state index in [0.717, 1.165) is 25.7 Å². The van der Waals surface area contributed by atoms with Crippen LogP contribution in [-0.2, 0) is 9.53 Å². The molecule has 3 nitrogen and oxygen atoms in total. The fraction of sp³-hybridized carbons (Fsp3) is 0.909. The van der Waals surface area contributed by atoms with Crippen molar-refractivity contribution in [2.24, 2.45) is 5.92 Å². The van der Waals surface area contributed by atoms with Crippen LogP contribution in [0, 0.1) is 5.92 Å². The van der Waals surface area contributed by atoms with Crippen molar-refractivity contribution in [1.82, 2.24) is 5.32 Å². The van der Waals surface area contributed by atoms with Gasteiger partial charge in [-0.05, 0) is 18.8 Å². The SMILES string of the molecule is CC(C)[C@H]1COC(=O)C2(CCCC2)N1. The Labute approximate surface area is 85.2 Å². The summed E-state index contributed by atoms with van der Waals surface area (Å²) in [6.45, 7) is 4.87. The quantitative estimate of drug-likeness (QED) is 0.647. The average molecular weight is 197 g/mol. The first-order chi connectivity index (χ1) is 6.64. The van der Waals surface area contributed by atoms with E-state index in [9.17, 15) is 4.79 Å². The molecular weight excluding hydrogens is 178 g/mol. The van der Waals surface area contributed by atoms with Crippen LogP contribution in [0.1, 0.15) is 39.5 Å². The van der Waals surface area contributed by atoms with E-state index in [1.165, 1.54) is 0 Å². The summed E-state index contributed by atoms with van der Waals surface area (Å²) in [6, 6.07) is 0.339. The summed E-state index contributed by atoms with van der Waals surface area (Å²) in [7, 11) is 0. The molecule has 0 aromatic heterocycles. The highest BCUT2D eigenvalue weighted by Crippen LogP contribution is 2.34. The van der Waals surface area contributed by atoms with Gasteiger partial charge in [0, 0.05) is 6.04 Å². The van der Waals surface area contributed by atoms with Crippen molar-refractivity contribution in [3.05, 3.63) is 0 Å². The molecule has 0 bridgehead atoms. The zero-order valence-electron chi connectivity index (χ0n) is 9.01. The minimum Gasteiger partial charge on any atom is -0.463 e. The molecule has 3 heteroatoms. The fourth-order valence-corrected chi connectivity index (χ4v) is 2.45. The predicted molar refractivity (Wildman–Crippen MR) is 53.9 cm³/mol. The summed E-state index contributed by atoms with van der Waals surface area (Å²) in [6.07, 6.45) is 4.20. The summed E-state index contributed by atoms with van der Waals surface area (Å²) >= 11 is 0. The van der Waals surface area contributed by atoms with Gasteiger partial charge in [0.25, 0.3) is 0 Å². The summed E-state index contributed by atoms with van der Waals surface area (Å²) in [5.74, 6) is 0.507. The Morgan fingerprint density at radius 1 is 1.43 bits per heavy atom. The third-order valence-corrected chi connectivity index (χ3v) is 3.51.